The molecule has 1 fully saturated rings. The van der Waals surface area contributed by atoms with E-state index in [1.807, 2.05) is 30.3 Å². The van der Waals surface area contributed by atoms with Crippen LogP contribution in [0.4, 0.5) is 4.39 Å². The highest BCUT2D eigenvalue weighted by Crippen LogP contribution is 2.36. The molecule has 0 atom stereocenters. The fourth-order valence-corrected chi connectivity index (χ4v) is 3.58. The van der Waals surface area contributed by atoms with Gasteiger partial charge < -0.3 is 10.0 Å². The van der Waals surface area contributed by atoms with Crippen LogP contribution in [0.3, 0.4) is 0 Å². The Morgan fingerprint density at radius 3 is 2.19 bits per heavy atom. The number of benzene rings is 2. The third kappa shape index (κ3) is 3.77. The third-order valence-electron chi connectivity index (χ3n) is 5.25. The zero-order valence-corrected chi connectivity index (χ0v) is 14.5. The quantitative estimate of drug-likeness (QED) is 0.894. The van der Waals surface area contributed by atoms with Crippen LogP contribution in [0.1, 0.15) is 30.4 Å². The van der Waals surface area contributed by atoms with Gasteiger partial charge in [0.2, 0.25) is 5.91 Å². The van der Waals surface area contributed by atoms with Gasteiger partial charge in [0.05, 0.1) is 5.41 Å². The van der Waals surface area contributed by atoms with E-state index in [9.17, 15) is 19.1 Å². The van der Waals surface area contributed by atoms with Gasteiger partial charge in [-0.2, -0.15) is 0 Å². The SMILES string of the molecule is O=C(CCc1ccc(F)cc1)N1CCC(C(=O)O)(c2ccccc2)CC1. The lowest BCUT2D eigenvalue weighted by Gasteiger charge is -2.39. The molecule has 1 heterocycles. The number of hydrogen-bond acceptors (Lipinski definition) is 2. The second-order valence-electron chi connectivity index (χ2n) is 6.76. The Morgan fingerprint density at radius 2 is 1.62 bits per heavy atom. The van der Waals surface area contributed by atoms with Crippen LogP contribution < -0.4 is 0 Å². The molecule has 2 aromatic rings. The number of amides is 1. The Hall–Kier alpha value is -2.69. The highest BCUT2D eigenvalue weighted by molar-refractivity contribution is 5.82. The molecule has 0 unspecified atom stereocenters. The summed E-state index contributed by atoms with van der Waals surface area (Å²) in [7, 11) is 0. The molecule has 1 N–H and O–H groups in total. The number of aryl methyl sites for hydroxylation is 1. The average Bonchev–Trinajstić information content (AvgIpc) is 2.68. The van der Waals surface area contributed by atoms with Crippen molar-refractivity contribution in [2.45, 2.75) is 31.1 Å². The van der Waals surface area contributed by atoms with Gasteiger partial charge in [-0.3, -0.25) is 9.59 Å². The molecule has 136 valence electrons. The fourth-order valence-electron chi connectivity index (χ4n) is 3.58. The van der Waals surface area contributed by atoms with Gasteiger partial charge in [-0.1, -0.05) is 42.5 Å². The third-order valence-corrected chi connectivity index (χ3v) is 5.25. The lowest BCUT2D eigenvalue weighted by Crippen LogP contribution is -2.49. The van der Waals surface area contributed by atoms with Crippen LogP contribution in [0.2, 0.25) is 0 Å². The second kappa shape index (κ2) is 7.68. The molecule has 4 nitrogen and oxygen atoms in total. The van der Waals surface area contributed by atoms with Gasteiger partial charge in [0.15, 0.2) is 0 Å². The summed E-state index contributed by atoms with van der Waals surface area (Å²) >= 11 is 0. The Kier molecular flexibility index (Phi) is 5.35. The average molecular weight is 355 g/mol. The predicted molar refractivity (Wildman–Crippen MR) is 96.3 cm³/mol. The van der Waals surface area contributed by atoms with E-state index < -0.39 is 11.4 Å². The number of carbonyl (C=O) groups excluding carboxylic acids is 1. The molecule has 0 aromatic heterocycles. The summed E-state index contributed by atoms with van der Waals surface area (Å²) in [6.07, 6.45) is 1.72. The maximum atomic E-state index is 12.9. The molecule has 2 aromatic carbocycles. The van der Waals surface area contributed by atoms with Gasteiger partial charge in [0.1, 0.15) is 5.82 Å². The van der Waals surface area contributed by atoms with Crippen molar-refractivity contribution >= 4 is 11.9 Å². The number of piperidine rings is 1. The van der Waals surface area contributed by atoms with Gasteiger partial charge in [0.25, 0.3) is 0 Å². The summed E-state index contributed by atoms with van der Waals surface area (Å²) in [4.78, 5) is 26.2. The predicted octanol–water partition coefficient (Wildman–Crippen LogP) is 3.40. The summed E-state index contributed by atoms with van der Waals surface area (Å²) in [6.45, 7) is 0.868. The van der Waals surface area contributed by atoms with Crippen LogP contribution in [0.5, 0.6) is 0 Å². The van der Waals surface area contributed by atoms with Gasteiger partial charge in [-0.25, -0.2) is 4.39 Å². The van der Waals surface area contributed by atoms with Gasteiger partial charge in [-0.15, -0.1) is 0 Å². The molecule has 1 aliphatic heterocycles. The van der Waals surface area contributed by atoms with Crippen molar-refractivity contribution in [1.29, 1.82) is 0 Å². The number of hydrogen-bond donors (Lipinski definition) is 1. The molecular weight excluding hydrogens is 333 g/mol. The minimum atomic E-state index is -0.922. The van der Waals surface area contributed by atoms with Crippen molar-refractivity contribution in [2.24, 2.45) is 0 Å². The largest absolute Gasteiger partial charge is 0.481 e. The molecule has 1 amide bonds. The summed E-state index contributed by atoms with van der Waals surface area (Å²) in [6, 6.07) is 15.4. The molecule has 1 aliphatic rings. The summed E-state index contributed by atoms with van der Waals surface area (Å²) < 4.78 is 12.9. The van der Waals surface area contributed by atoms with E-state index in [-0.39, 0.29) is 11.7 Å². The highest BCUT2D eigenvalue weighted by Gasteiger charge is 2.43. The maximum Gasteiger partial charge on any atom is 0.314 e. The summed E-state index contributed by atoms with van der Waals surface area (Å²) in [5.41, 5.74) is 0.793. The zero-order chi connectivity index (χ0) is 18.6. The van der Waals surface area contributed by atoms with Crippen LogP contribution in [-0.2, 0) is 21.4 Å². The molecule has 0 spiro atoms. The normalized spacial score (nSPS) is 16.3. The lowest BCUT2D eigenvalue weighted by molar-refractivity contribution is -0.148. The first-order valence-corrected chi connectivity index (χ1v) is 8.82. The minimum Gasteiger partial charge on any atom is -0.481 e. The Labute approximate surface area is 152 Å². The van der Waals surface area contributed by atoms with E-state index in [1.54, 1.807) is 17.0 Å². The molecule has 0 aliphatic carbocycles. The second-order valence-corrected chi connectivity index (χ2v) is 6.76. The number of rotatable bonds is 5. The minimum absolute atomic E-state index is 0.0152. The van der Waals surface area contributed by atoms with Crippen LogP contribution >= 0.6 is 0 Å². The number of carbonyl (C=O) groups is 2. The monoisotopic (exact) mass is 355 g/mol. The standard InChI is InChI=1S/C21H22FNO3/c22-18-9-6-16(7-10-18)8-11-19(24)23-14-12-21(13-15-23,20(25)26)17-4-2-1-3-5-17/h1-7,9-10H,8,11-15H2,(H,25,26). The van der Waals surface area contributed by atoms with Gasteiger partial charge in [0, 0.05) is 19.5 Å². The Balaban J connectivity index is 1.60. The van der Waals surface area contributed by atoms with E-state index >= 15 is 0 Å². The van der Waals surface area contributed by atoms with E-state index in [2.05, 4.69) is 0 Å². The molecule has 0 radical (unpaired) electrons. The number of nitrogens with zero attached hydrogens (tertiary/aromatic N) is 1. The van der Waals surface area contributed by atoms with Gasteiger partial charge in [-0.05, 0) is 42.5 Å². The molecule has 5 heteroatoms. The maximum absolute atomic E-state index is 12.9. The van der Waals surface area contributed by atoms with Crippen molar-refractivity contribution in [2.75, 3.05) is 13.1 Å². The lowest BCUT2D eigenvalue weighted by atomic mass is 9.73. The van der Waals surface area contributed by atoms with E-state index in [0.29, 0.717) is 38.8 Å². The van der Waals surface area contributed by atoms with Crippen LogP contribution in [0, 0.1) is 5.82 Å². The number of carboxylic acid groups (broad SMARTS) is 1. The van der Waals surface area contributed by atoms with E-state index in [4.69, 9.17) is 0 Å². The Morgan fingerprint density at radius 1 is 1.00 bits per heavy atom. The van der Waals surface area contributed by atoms with E-state index in [1.165, 1.54) is 12.1 Å². The van der Waals surface area contributed by atoms with E-state index in [0.717, 1.165) is 11.1 Å². The van der Waals surface area contributed by atoms with Crippen LogP contribution in [0.25, 0.3) is 0 Å². The zero-order valence-electron chi connectivity index (χ0n) is 14.5. The molecule has 1 saturated heterocycles. The number of carboxylic acids is 1. The Bertz CT molecular complexity index is 766. The molecule has 3 rings (SSSR count). The van der Waals surface area contributed by atoms with Crippen molar-refractivity contribution in [3.63, 3.8) is 0 Å². The first kappa shape index (κ1) is 18.1. The fraction of sp³-hybridized carbons (Fsp3) is 0.333. The van der Waals surface area contributed by atoms with Crippen molar-refractivity contribution < 1.29 is 19.1 Å². The summed E-state index contributed by atoms with van der Waals surface area (Å²) in [5, 5.41) is 9.81. The van der Waals surface area contributed by atoms with Crippen LogP contribution in [-0.4, -0.2) is 35.0 Å². The van der Waals surface area contributed by atoms with Crippen molar-refractivity contribution in [1.82, 2.24) is 4.90 Å². The summed E-state index contributed by atoms with van der Waals surface area (Å²) in [5.74, 6) is -1.11. The number of aliphatic carboxylic acids is 1. The number of halogens is 1. The number of likely N-dealkylation sites (tertiary alicyclic amines) is 1. The van der Waals surface area contributed by atoms with Crippen molar-refractivity contribution in [3.8, 4) is 0 Å². The molecule has 26 heavy (non-hydrogen) atoms. The molecule has 0 saturated carbocycles. The smallest absolute Gasteiger partial charge is 0.314 e. The topological polar surface area (TPSA) is 57.6 Å². The van der Waals surface area contributed by atoms with Crippen LogP contribution in [0.15, 0.2) is 54.6 Å². The highest BCUT2D eigenvalue weighted by atomic mass is 19.1. The van der Waals surface area contributed by atoms with Crippen molar-refractivity contribution in [3.05, 3.63) is 71.5 Å². The van der Waals surface area contributed by atoms with Gasteiger partial charge >= 0.3 is 5.97 Å². The molecule has 0 bridgehead atoms. The molecular formula is C21H22FNO3. The first-order chi connectivity index (χ1) is 12.5. The first-order valence-electron chi connectivity index (χ1n) is 8.82.